The fourth-order valence-corrected chi connectivity index (χ4v) is 3.70. The van der Waals surface area contributed by atoms with Gasteiger partial charge in [0.1, 0.15) is 11.5 Å². The molecule has 6 nitrogen and oxygen atoms in total. The molecule has 0 aliphatic heterocycles. The minimum absolute atomic E-state index is 0.0432. The molecular weight excluding hydrogens is 380 g/mol. The average Bonchev–Trinajstić information content (AvgIpc) is 2.74. The lowest BCUT2D eigenvalue weighted by molar-refractivity contribution is -0.127. The van der Waals surface area contributed by atoms with Crippen molar-refractivity contribution < 1.29 is 19.1 Å². The summed E-state index contributed by atoms with van der Waals surface area (Å²) < 4.78 is 11.3. The lowest BCUT2D eigenvalue weighted by atomic mass is 9.90. The van der Waals surface area contributed by atoms with Crippen LogP contribution in [0.5, 0.6) is 11.5 Å². The number of nitrogens with one attached hydrogen (secondary N) is 2. The number of hydrogen-bond acceptors (Lipinski definition) is 4. The number of ether oxygens (including phenoxy) is 2. The number of benzene rings is 2. The molecule has 0 aromatic heterocycles. The lowest BCUT2D eigenvalue weighted by Crippen LogP contribution is -2.54. The Balaban J connectivity index is 1.48. The molecule has 0 saturated heterocycles. The summed E-state index contributed by atoms with van der Waals surface area (Å²) in [5.74, 6) is 1.05. The predicted molar refractivity (Wildman–Crippen MR) is 116 cm³/mol. The van der Waals surface area contributed by atoms with E-state index in [1.165, 1.54) is 0 Å². The maximum Gasteiger partial charge on any atom is 0.258 e. The van der Waals surface area contributed by atoms with Crippen LogP contribution in [0, 0.1) is 13.8 Å². The van der Waals surface area contributed by atoms with Crippen molar-refractivity contribution in [3.05, 3.63) is 59.7 Å². The van der Waals surface area contributed by atoms with Crippen LogP contribution in [0.1, 0.15) is 36.8 Å². The highest BCUT2D eigenvalue weighted by Gasteiger charge is 2.28. The van der Waals surface area contributed by atoms with Crippen LogP contribution in [0.15, 0.2) is 48.5 Å². The molecule has 1 saturated carbocycles. The zero-order chi connectivity index (χ0) is 21.3. The summed E-state index contributed by atoms with van der Waals surface area (Å²) in [6.45, 7) is 3.80. The van der Waals surface area contributed by atoms with Crippen molar-refractivity contribution in [1.29, 1.82) is 0 Å². The Kier molecular flexibility index (Phi) is 7.71. The van der Waals surface area contributed by atoms with E-state index in [0.717, 1.165) is 36.8 Å². The maximum absolute atomic E-state index is 12.4. The topological polar surface area (TPSA) is 76.7 Å². The van der Waals surface area contributed by atoms with Crippen LogP contribution >= 0.6 is 0 Å². The molecule has 6 heteroatoms. The Morgan fingerprint density at radius 3 is 1.57 bits per heavy atom. The van der Waals surface area contributed by atoms with E-state index in [4.69, 9.17) is 9.47 Å². The van der Waals surface area contributed by atoms with E-state index in [9.17, 15) is 9.59 Å². The Morgan fingerprint density at radius 2 is 1.17 bits per heavy atom. The number of para-hydroxylation sites is 2. The second kappa shape index (κ2) is 10.7. The molecule has 0 spiro atoms. The minimum Gasteiger partial charge on any atom is -0.484 e. The number of hydrogen-bond donors (Lipinski definition) is 2. The van der Waals surface area contributed by atoms with Gasteiger partial charge in [0.2, 0.25) is 0 Å². The largest absolute Gasteiger partial charge is 0.484 e. The molecule has 0 bridgehead atoms. The van der Waals surface area contributed by atoms with E-state index < -0.39 is 0 Å². The van der Waals surface area contributed by atoms with Gasteiger partial charge < -0.3 is 20.1 Å². The fraction of sp³-hybridized carbons (Fsp3) is 0.417. The third-order valence-electron chi connectivity index (χ3n) is 5.36. The number of carbonyl (C=O) groups excluding carboxylic acids is 2. The van der Waals surface area contributed by atoms with E-state index >= 15 is 0 Å². The van der Waals surface area contributed by atoms with Crippen LogP contribution in [0.2, 0.25) is 0 Å². The smallest absolute Gasteiger partial charge is 0.258 e. The minimum atomic E-state index is -0.180. The molecule has 2 atom stereocenters. The number of rotatable bonds is 8. The molecule has 1 aliphatic carbocycles. The SMILES string of the molecule is Cc1ccccc1OCC(=O)N[C@H]1CCCC[C@@H]1NC(=O)COc1ccccc1C. The van der Waals surface area contributed by atoms with Gasteiger partial charge in [-0.25, -0.2) is 0 Å². The zero-order valence-electron chi connectivity index (χ0n) is 17.6. The summed E-state index contributed by atoms with van der Waals surface area (Å²) in [4.78, 5) is 24.8. The molecule has 3 rings (SSSR count). The second-order valence-electron chi connectivity index (χ2n) is 7.74. The average molecular weight is 411 g/mol. The molecule has 2 N–H and O–H groups in total. The molecule has 2 aromatic carbocycles. The quantitative estimate of drug-likeness (QED) is 0.700. The molecule has 30 heavy (non-hydrogen) atoms. The summed E-state index contributed by atoms with van der Waals surface area (Å²) in [6, 6.07) is 15.0. The Morgan fingerprint density at radius 1 is 0.767 bits per heavy atom. The Bertz CT molecular complexity index is 796. The van der Waals surface area contributed by atoms with Crippen molar-refractivity contribution in [2.24, 2.45) is 0 Å². The van der Waals surface area contributed by atoms with Gasteiger partial charge in [0.25, 0.3) is 11.8 Å². The van der Waals surface area contributed by atoms with Gasteiger partial charge in [0.05, 0.1) is 0 Å². The summed E-state index contributed by atoms with van der Waals surface area (Å²) >= 11 is 0. The number of aryl methyl sites for hydroxylation is 2. The molecule has 1 fully saturated rings. The van der Waals surface area contributed by atoms with Crippen LogP contribution in [-0.4, -0.2) is 37.1 Å². The highest BCUT2D eigenvalue weighted by molar-refractivity contribution is 5.79. The van der Waals surface area contributed by atoms with Gasteiger partial charge in [-0.3, -0.25) is 9.59 Å². The molecular formula is C24H30N2O4. The highest BCUT2D eigenvalue weighted by Crippen LogP contribution is 2.20. The van der Waals surface area contributed by atoms with Crippen molar-refractivity contribution in [2.75, 3.05) is 13.2 Å². The normalized spacial score (nSPS) is 18.3. The Hall–Kier alpha value is -3.02. The fourth-order valence-electron chi connectivity index (χ4n) is 3.70. The van der Waals surface area contributed by atoms with Gasteiger partial charge in [-0.1, -0.05) is 49.2 Å². The van der Waals surface area contributed by atoms with Crippen LogP contribution in [0.3, 0.4) is 0 Å². The molecule has 1 aliphatic rings. The first-order chi connectivity index (χ1) is 14.5. The molecule has 2 aromatic rings. The third-order valence-corrected chi connectivity index (χ3v) is 5.36. The first-order valence-electron chi connectivity index (χ1n) is 10.5. The van der Waals surface area contributed by atoms with E-state index in [1.807, 2.05) is 62.4 Å². The maximum atomic E-state index is 12.4. The van der Waals surface area contributed by atoms with Gasteiger partial charge in [-0.2, -0.15) is 0 Å². The molecule has 0 heterocycles. The zero-order valence-corrected chi connectivity index (χ0v) is 17.6. The van der Waals surface area contributed by atoms with Gasteiger partial charge >= 0.3 is 0 Å². The van der Waals surface area contributed by atoms with E-state index in [-0.39, 0.29) is 37.1 Å². The van der Waals surface area contributed by atoms with Crippen molar-refractivity contribution in [3.63, 3.8) is 0 Å². The first kappa shape index (κ1) is 21.7. The van der Waals surface area contributed by atoms with E-state index in [0.29, 0.717) is 11.5 Å². The van der Waals surface area contributed by atoms with Gasteiger partial charge in [0, 0.05) is 12.1 Å². The first-order valence-corrected chi connectivity index (χ1v) is 10.5. The predicted octanol–water partition coefficient (Wildman–Crippen LogP) is 3.30. The highest BCUT2D eigenvalue weighted by atomic mass is 16.5. The summed E-state index contributed by atoms with van der Waals surface area (Å²) in [5.41, 5.74) is 1.98. The lowest BCUT2D eigenvalue weighted by Gasteiger charge is -2.32. The van der Waals surface area contributed by atoms with Crippen molar-refractivity contribution in [3.8, 4) is 11.5 Å². The standard InChI is InChI=1S/C24H30N2O4/c1-17-9-3-7-13-21(17)29-15-23(27)25-19-11-5-6-12-20(19)26-24(28)16-30-22-14-8-4-10-18(22)2/h3-4,7-10,13-14,19-20H,5-6,11-12,15-16H2,1-2H3,(H,25,27)(H,26,28)/t19-,20-/m0/s1. The second-order valence-corrected chi connectivity index (χ2v) is 7.74. The number of amides is 2. The summed E-state index contributed by atoms with van der Waals surface area (Å²) in [7, 11) is 0. The molecule has 0 unspecified atom stereocenters. The van der Waals surface area contributed by atoms with Crippen molar-refractivity contribution in [2.45, 2.75) is 51.6 Å². The van der Waals surface area contributed by atoms with Crippen LogP contribution < -0.4 is 20.1 Å². The van der Waals surface area contributed by atoms with Crippen molar-refractivity contribution >= 4 is 11.8 Å². The molecule has 0 radical (unpaired) electrons. The van der Waals surface area contributed by atoms with Crippen LogP contribution in [0.25, 0.3) is 0 Å². The third kappa shape index (κ3) is 6.24. The Labute approximate surface area is 178 Å². The summed E-state index contributed by atoms with van der Waals surface area (Å²) in [6.07, 6.45) is 3.71. The summed E-state index contributed by atoms with van der Waals surface area (Å²) in [5, 5.41) is 6.05. The van der Waals surface area contributed by atoms with E-state index in [2.05, 4.69) is 10.6 Å². The molecule has 160 valence electrons. The van der Waals surface area contributed by atoms with Crippen LogP contribution in [0.4, 0.5) is 0 Å². The number of carbonyl (C=O) groups is 2. The monoisotopic (exact) mass is 410 g/mol. The van der Waals surface area contributed by atoms with Crippen molar-refractivity contribution in [1.82, 2.24) is 10.6 Å². The van der Waals surface area contributed by atoms with Gasteiger partial charge in [-0.15, -0.1) is 0 Å². The van der Waals surface area contributed by atoms with Gasteiger partial charge in [0.15, 0.2) is 13.2 Å². The van der Waals surface area contributed by atoms with Crippen LogP contribution in [-0.2, 0) is 9.59 Å². The molecule has 2 amide bonds. The van der Waals surface area contributed by atoms with Gasteiger partial charge in [-0.05, 0) is 49.9 Å². The van der Waals surface area contributed by atoms with E-state index in [1.54, 1.807) is 0 Å².